The molecule has 2 aromatic heterocycles. The van der Waals surface area contributed by atoms with Crippen molar-refractivity contribution >= 4 is 50.5 Å². The predicted octanol–water partition coefficient (Wildman–Crippen LogP) is 3.31. The van der Waals surface area contributed by atoms with Gasteiger partial charge in [-0.05, 0) is 42.5 Å². The standard InChI is InChI=1S/C17H16Cl2N6O2S/c18-12-3-4-14(19)15(10-12)28(26,27)22-9-8-21-16-5-6-17(25-24-16)23-13-2-1-7-20-11-13/h1-7,10-11,22H,8-9H2,(H,21,24)(H,23,25). The van der Waals surface area contributed by atoms with Gasteiger partial charge in [0.15, 0.2) is 5.82 Å². The average Bonchev–Trinajstić information content (AvgIpc) is 2.69. The molecule has 2 heterocycles. The molecule has 8 nitrogen and oxygen atoms in total. The highest BCUT2D eigenvalue weighted by Gasteiger charge is 2.17. The van der Waals surface area contributed by atoms with Gasteiger partial charge >= 0.3 is 0 Å². The third-order valence-corrected chi connectivity index (χ3v) is 5.68. The third-order valence-electron chi connectivity index (χ3n) is 3.50. The van der Waals surface area contributed by atoms with Crippen molar-refractivity contribution in [2.75, 3.05) is 23.7 Å². The average molecular weight is 439 g/mol. The topological polar surface area (TPSA) is 109 Å². The number of nitrogens with zero attached hydrogens (tertiary/aromatic N) is 3. The third kappa shape index (κ3) is 5.52. The molecular weight excluding hydrogens is 423 g/mol. The molecule has 0 aliphatic rings. The fourth-order valence-corrected chi connectivity index (χ4v) is 4.01. The molecule has 146 valence electrons. The van der Waals surface area contributed by atoms with E-state index in [0.29, 0.717) is 18.2 Å². The highest BCUT2D eigenvalue weighted by atomic mass is 35.5. The number of anilines is 3. The molecule has 0 spiro atoms. The van der Waals surface area contributed by atoms with Crippen LogP contribution in [0.1, 0.15) is 0 Å². The molecule has 0 aliphatic heterocycles. The fourth-order valence-electron chi connectivity index (χ4n) is 2.21. The predicted molar refractivity (Wildman–Crippen MR) is 110 cm³/mol. The number of halogens is 2. The number of hydrogen-bond acceptors (Lipinski definition) is 7. The Labute approximate surface area is 172 Å². The highest BCUT2D eigenvalue weighted by Crippen LogP contribution is 2.24. The quantitative estimate of drug-likeness (QED) is 0.462. The number of rotatable bonds is 8. The van der Waals surface area contributed by atoms with Crippen LogP contribution in [0.3, 0.4) is 0 Å². The number of pyridine rings is 1. The molecule has 0 saturated carbocycles. The molecule has 11 heteroatoms. The molecule has 0 aliphatic carbocycles. The molecule has 1 aromatic carbocycles. The van der Waals surface area contributed by atoms with Crippen molar-refractivity contribution in [3.63, 3.8) is 0 Å². The van der Waals surface area contributed by atoms with Crippen molar-refractivity contribution in [1.29, 1.82) is 0 Å². The van der Waals surface area contributed by atoms with Crippen LogP contribution >= 0.6 is 23.2 Å². The molecule has 0 saturated heterocycles. The van der Waals surface area contributed by atoms with E-state index in [1.165, 1.54) is 18.2 Å². The van der Waals surface area contributed by atoms with Gasteiger partial charge in [-0.1, -0.05) is 23.2 Å². The van der Waals surface area contributed by atoms with E-state index in [0.717, 1.165) is 5.69 Å². The van der Waals surface area contributed by atoms with Gasteiger partial charge < -0.3 is 10.6 Å². The number of benzene rings is 1. The van der Waals surface area contributed by atoms with Gasteiger partial charge in [-0.25, -0.2) is 13.1 Å². The summed E-state index contributed by atoms with van der Waals surface area (Å²) in [6, 6.07) is 11.4. The highest BCUT2D eigenvalue weighted by molar-refractivity contribution is 7.89. The van der Waals surface area contributed by atoms with E-state index < -0.39 is 10.0 Å². The summed E-state index contributed by atoms with van der Waals surface area (Å²) in [7, 11) is -3.77. The number of hydrogen-bond donors (Lipinski definition) is 3. The van der Waals surface area contributed by atoms with Gasteiger partial charge in [-0.2, -0.15) is 0 Å². The number of sulfonamides is 1. The normalized spacial score (nSPS) is 11.2. The van der Waals surface area contributed by atoms with Gasteiger partial charge in [0.2, 0.25) is 10.0 Å². The largest absolute Gasteiger partial charge is 0.367 e. The van der Waals surface area contributed by atoms with E-state index in [1.54, 1.807) is 24.5 Å². The zero-order chi connectivity index (χ0) is 20.0. The Balaban J connectivity index is 1.50. The van der Waals surface area contributed by atoms with Gasteiger partial charge in [-0.3, -0.25) is 4.98 Å². The van der Waals surface area contributed by atoms with Gasteiger partial charge in [0, 0.05) is 24.3 Å². The van der Waals surface area contributed by atoms with E-state index in [4.69, 9.17) is 23.2 Å². The molecule has 0 bridgehead atoms. The molecule has 3 aromatic rings. The monoisotopic (exact) mass is 438 g/mol. The summed E-state index contributed by atoms with van der Waals surface area (Å²) in [5, 5.41) is 14.5. The van der Waals surface area contributed by atoms with Crippen LogP contribution in [0, 0.1) is 0 Å². The van der Waals surface area contributed by atoms with E-state index in [-0.39, 0.29) is 21.5 Å². The van der Waals surface area contributed by atoms with E-state index in [1.807, 2.05) is 12.1 Å². The summed E-state index contributed by atoms with van der Waals surface area (Å²) in [6.45, 7) is 0.435. The molecule has 28 heavy (non-hydrogen) atoms. The summed E-state index contributed by atoms with van der Waals surface area (Å²) < 4.78 is 27.1. The van der Waals surface area contributed by atoms with Gasteiger partial charge in [-0.15, -0.1) is 10.2 Å². The van der Waals surface area contributed by atoms with Crippen LogP contribution in [0.25, 0.3) is 0 Å². The fraction of sp³-hybridized carbons (Fsp3) is 0.118. The van der Waals surface area contributed by atoms with E-state index in [2.05, 4.69) is 30.5 Å². The molecular formula is C17H16Cl2N6O2S. The van der Waals surface area contributed by atoms with Crippen LogP contribution in [-0.2, 0) is 10.0 Å². The van der Waals surface area contributed by atoms with Crippen LogP contribution in [0.2, 0.25) is 10.0 Å². The Morgan fingerprint density at radius 2 is 1.75 bits per heavy atom. The maximum Gasteiger partial charge on any atom is 0.242 e. The molecule has 0 atom stereocenters. The van der Waals surface area contributed by atoms with E-state index >= 15 is 0 Å². The summed E-state index contributed by atoms with van der Waals surface area (Å²) in [6.07, 6.45) is 3.35. The summed E-state index contributed by atoms with van der Waals surface area (Å²) >= 11 is 11.8. The Morgan fingerprint density at radius 1 is 0.964 bits per heavy atom. The van der Waals surface area contributed by atoms with Crippen LogP contribution in [0.4, 0.5) is 17.3 Å². The minimum atomic E-state index is -3.77. The van der Waals surface area contributed by atoms with Crippen LogP contribution in [0.5, 0.6) is 0 Å². The molecule has 0 radical (unpaired) electrons. The lowest BCUT2D eigenvalue weighted by molar-refractivity contribution is 0.583. The van der Waals surface area contributed by atoms with Crippen molar-refractivity contribution in [3.8, 4) is 0 Å². The molecule has 3 N–H and O–H groups in total. The van der Waals surface area contributed by atoms with Crippen LogP contribution in [0.15, 0.2) is 59.8 Å². The molecule has 0 unspecified atom stereocenters. The van der Waals surface area contributed by atoms with Crippen molar-refractivity contribution in [1.82, 2.24) is 19.9 Å². The number of nitrogens with one attached hydrogen (secondary N) is 3. The maximum absolute atomic E-state index is 12.3. The lowest BCUT2D eigenvalue weighted by atomic mass is 10.4. The van der Waals surface area contributed by atoms with Crippen LogP contribution in [-0.4, -0.2) is 36.7 Å². The molecule has 3 rings (SSSR count). The Kier molecular flexibility index (Phi) is 6.63. The first-order valence-electron chi connectivity index (χ1n) is 8.13. The minimum absolute atomic E-state index is 0.0627. The first-order valence-corrected chi connectivity index (χ1v) is 10.4. The van der Waals surface area contributed by atoms with Crippen molar-refractivity contribution in [3.05, 3.63) is 64.9 Å². The lowest BCUT2D eigenvalue weighted by Gasteiger charge is -2.10. The summed E-state index contributed by atoms with van der Waals surface area (Å²) in [4.78, 5) is 3.94. The van der Waals surface area contributed by atoms with Crippen molar-refractivity contribution in [2.45, 2.75) is 4.90 Å². The van der Waals surface area contributed by atoms with E-state index in [9.17, 15) is 8.42 Å². The SMILES string of the molecule is O=S(=O)(NCCNc1ccc(Nc2cccnc2)nn1)c1cc(Cl)ccc1Cl. The van der Waals surface area contributed by atoms with Gasteiger partial charge in [0.1, 0.15) is 10.7 Å². The molecule has 0 amide bonds. The van der Waals surface area contributed by atoms with Gasteiger partial charge in [0.05, 0.1) is 16.9 Å². The summed E-state index contributed by atoms with van der Waals surface area (Å²) in [5.74, 6) is 1.08. The second kappa shape index (κ2) is 9.16. The minimum Gasteiger partial charge on any atom is -0.367 e. The van der Waals surface area contributed by atoms with Crippen molar-refractivity contribution < 1.29 is 8.42 Å². The number of aromatic nitrogens is 3. The van der Waals surface area contributed by atoms with Crippen molar-refractivity contribution in [2.24, 2.45) is 0 Å². The zero-order valence-corrected chi connectivity index (χ0v) is 16.8. The Morgan fingerprint density at radius 3 is 2.46 bits per heavy atom. The Hall–Kier alpha value is -2.46. The second-order valence-electron chi connectivity index (χ2n) is 5.57. The molecule has 0 fully saturated rings. The maximum atomic E-state index is 12.3. The lowest BCUT2D eigenvalue weighted by Crippen LogP contribution is -2.29. The Bertz CT molecular complexity index is 1030. The second-order valence-corrected chi connectivity index (χ2v) is 8.15. The van der Waals surface area contributed by atoms with Gasteiger partial charge in [0.25, 0.3) is 0 Å². The first kappa shape index (κ1) is 20.3. The first-order chi connectivity index (χ1) is 13.4. The summed E-state index contributed by atoms with van der Waals surface area (Å²) in [5.41, 5.74) is 0.798. The van der Waals surface area contributed by atoms with Crippen LogP contribution < -0.4 is 15.4 Å². The zero-order valence-electron chi connectivity index (χ0n) is 14.4. The smallest absolute Gasteiger partial charge is 0.242 e.